The van der Waals surface area contributed by atoms with E-state index in [0.717, 1.165) is 17.1 Å². The SMILES string of the molecule is NC(CN1CCCCC1)c1ccccc1Cl. The lowest BCUT2D eigenvalue weighted by Gasteiger charge is -2.29. The summed E-state index contributed by atoms with van der Waals surface area (Å²) in [6.07, 6.45) is 3.96. The van der Waals surface area contributed by atoms with E-state index in [1.54, 1.807) is 0 Å². The predicted octanol–water partition coefficient (Wildman–Crippen LogP) is 2.83. The smallest absolute Gasteiger partial charge is 0.0454 e. The van der Waals surface area contributed by atoms with E-state index in [1.165, 1.54) is 32.4 Å². The summed E-state index contributed by atoms with van der Waals surface area (Å²) in [6, 6.07) is 7.91. The predicted molar refractivity (Wildman–Crippen MR) is 68.7 cm³/mol. The number of nitrogens with two attached hydrogens (primary N) is 1. The van der Waals surface area contributed by atoms with Crippen LogP contribution in [0.5, 0.6) is 0 Å². The van der Waals surface area contributed by atoms with Gasteiger partial charge in [0.05, 0.1) is 0 Å². The first kappa shape index (κ1) is 11.9. The van der Waals surface area contributed by atoms with E-state index >= 15 is 0 Å². The standard InChI is InChI=1S/C13H19ClN2/c14-12-7-3-2-6-11(12)13(15)10-16-8-4-1-5-9-16/h2-3,6-7,13H,1,4-5,8-10,15H2. The van der Waals surface area contributed by atoms with E-state index in [4.69, 9.17) is 17.3 Å². The molecule has 0 spiro atoms. The summed E-state index contributed by atoms with van der Waals surface area (Å²) in [7, 11) is 0. The van der Waals surface area contributed by atoms with Gasteiger partial charge >= 0.3 is 0 Å². The maximum absolute atomic E-state index is 6.20. The van der Waals surface area contributed by atoms with Crippen molar-refractivity contribution < 1.29 is 0 Å². The zero-order chi connectivity index (χ0) is 11.4. The zero-order valence-corrected chi connectivity index (χ0v) is 10.3. The number of likely N-dealkylation sites (tertiary alicyclic amines) is 1. The fraction of sp³-hybridized carbons (Fsp3) is 0.538. The number of hydrogen-bond acceptors (Lipinski definition) is 2. The molecular weight excluding hydrogens is 220 g/mol. The largest absolute Gasteiger partial charge is 0.323 e. The summed E-state index contributed by atoms with van der Waals surface area (Å²) in [5.74, 6) is 0. The van der Waals surface area contributed by atoms with Crippen LogP contribution in [0.1, 0.15) is 30.9 Å². The molecule has 0 amide bonds. The molecule has 0 bridgehead atoms. The molecule has 0 aromatic heterocycles. The van der Waals surface area contributed by atoms with Gasteiger partial charge in [-0.25, -0.2) is 0 Å². The van der Waals surface area contributed by atoms with Crippen LogP contribution in [0.2, 0.25) is 5.02 Å². The van der Waals surface area contributed by atoms with Gasteiger partial charge in [0.2, 0.25) is 0 Å². The van der Waals surface area contributed by atoms with Crippen LogP contribution < -0.4 is 5.73 Å². The third-order valence-corrected chi connectivity index (χ3v) is 3.55. The minimum absolute atomic E-state index is 0.0341. The van der Waals surface area contributed by atoms with Crippen LogP contribution in [-0.4, -0.2) is 24.5 Å². The van der Waals surface area contributed by atoms with Crippen molar-refractivity contribution in [1.29, 1.82) is 0 Å². The molecule has 88 valence electrons. The fourth-order valence-corrected chi connectivity index (χ4v) is 2.57. The number of rotatable bonds is 3. The molecule has 3 heteroatoms. The second-order valence-electron chi connectivity index (χ2n) is 4.49. The number of benzene rings is 1. The van der Waals surface area contributed by atoms with Crippen molar-refractivity contribution in [3.63, 3.8) is 0 Å². The molecule has 2 N–H and O–H groups in total. The highest BCUT2D eigenvalue weighted by atomic mass is 35.5. The summed E-state index contributed by atoms with van der Waals surface area (Å²) in [6.45, 7) is 3.28. The molecule has 1 fully saturated rings. The molecule has 2 rings (SSSR count). The summed E-state index contributed by atoms with van der Waals surface area (Å²) in [5.41, 5.74) is 7.27. The van der Waals surface area contributed by atoms with Crippen LogP contribution >= 0.6 is 11.6 Å². The van der Waals surface area contributed by atoms with Crippen molar-refractivity contribution in [3.05, 3.63) is 34.9 Å². The van der Waals surface area contributed by atoms with E-state index in [9.17, 15) is 0 Å². The number of piperidine rings is 1. The molecule has 1 heterocycles. The molecule has 1 aliphatic rings. The van der Waals surface area contributed by atoms with Crippen LogP contribution in [-0.2, 0) is 0 Å². The van der Waals surface area contributed by atoms with Gasteiger partial charge in [-0.15, -0.1) is 0 Å². The van der Waals surface area contributed by atoms with Crippen molar-refractivity contribution in [2.24, 2.45) is 5.73 Å². The molecule has 2 nitrogen and oxygen atoms in total. The minimum atomic E-state index is 0.0341. The molecule has 0 radical (unpaired) electrons. The van der Waals surface area contributed by atoms with E-state index in [0.29, 0.717) is 0 Å². The number of hydrogen-bond donors (Lipinski definition) is 1. The second-order valence-corrected chi connectivity index (χ2v) is 4.90. The average molecular weight is 239 g/mol. The van der Waals surface area contributed by atoms with Crippen molar-refractivity contribution in [3.8, 4) is 0 Å². The zero-order valence-electron chi connectivity index (χ0n) is 9.53. The van der Waals surface area contributed by atoms with Crippen LogP contribution in [0.15, 0.2) is 24.3 Å². The Hall–Kier alpha value is -0.570. The van der Waals surface area contributed by atoms with Crippen molar-refractivity contribution >= 4 is 11.6 Å². The highest BCUT2D eigenvalue weighted by molar-refractivity contribution is 6.31. The molecule has 1 aliphatic heterocycles. The quantitative estimate of drug-likeness (QED) is 0.878. The topological polar surface area (TPSA) is 29.3 Å². The molecular formula is C13H19ClN2. The highest BCUT2D eigenvalue weighted by Crippen LogP contribution is 2.22. The number of halogens is 1. The van der Waals surface area contributed by atoms with E-state index < -0.39 is 0 Å². The molecule has 0 aliphatic carbocycles. The lowest BCUT2D eigenvalue weighted by atomic mass is 10.1. The first-order valence-corrected chi connectivity index (χ1v) is 6.37. The van der Waals surface area contributed by atoms with Gasteiger partial charge in [-0.3, -0.25) is 0 Å². The summed E-state index contributed by atoms with van der Waals surface area (Å²) < 4.78 is 0. The number of nitrogens with zero attached hydrogens (tertiary/aromatic N) is 1. The fourth-order valence-electron chi connectivity index (χ4n) is 2.29. The first-order valence-electron chi connectivity index (χ1n) is 6.00. The Morgan fingerprint density at radius 1 is 1.19 bits per heavy atom. The van der Waals surface area contributed by atoms with Gasteiger partial charge in [0.15, 0.2) is 0 Å². The molecule has 1 aromatic rings. The van der Waals surface area contributed by atoms with Gasteiger partial charge < -0.3 is 10.6 Å². The van der Waals surface area contributed by atoms with Gasteiger partial charge in [-0.1, -0.05) is 36.2 Å². The molecule has 1 saturated heterocycles. The lowest BCUT2D eigenvalue weighted by molar-refractivity contribution is 0.216. The monoisotopic (exact) mass is 238 g/mol. The third-order valence-electron chi connectivity index (χ3n) is 3.21. The Morgan fingerprint density at radius 2 is 1.88 bits per heavy atom. The Kier molecular flexibility index (Phi) is 4.22. The summed E-state index contributed by atoms with van der Waals surface area (Å²) in [4.78, 5) is 2.44. The van der Waals surface area contributed by atoms with Crippen molar-refractivity contribution in [2.75, 3.05) is 19.6 Å². The van der Waals surface area contributed by atoms with Gasteiger partial charge in [0.1, 0.15) is 0 Å². The maximum Gasteiger partial charge on any atom is 0.0454 e. The Bertz CT molecular complexity index is 334. The molecule has 1 aromatic carbocycles. The maximum atomic E-state index is 6.20. The normalized spacial score (nSPS) is 19.6. The Labute approximate surface area is 102 Å². The summed E-state index contributed by atoms with van der Waals surface area (Å²) >= 11 is 6.14. The third kappa shape index (κ3) is 2.97. The molecule has 16 heavy (non-hydrogen) atoms. The Morgan fingerprint density at radius 3 is 2.56 bits per heavy atom. The molecule has 1 unspecified atom stereocenters. The van der Waals surface area contributed by atoms with Gasteiger partial charge in [-0.2, -0.15) is 0 Å². The first-order chi connectivity index (χ1) is 7.77. The van der Waals surface area contributed by atoms with E-state index in [2.05, 4.69) is 4.90 Å². The van der Waals surface area contributed by atoms with Crippen LogP contribution in [0.25, 0.3) is 0 Å². The van der Waals surface area contributed by atoms with Crippen molar-refractivity contribution in [1.82, 2.24) is 4.90 Å². The van der Waals surface area contributed by atoms with E-state index in [-0.39, 0.29) is 6.04 Å². The minimum Gasteiger partial charge on any atom is -0.323 e. The van der Waals surface area contributed by atoms with E-state index in [1.807, 2.05) is 24.3 Å². The van der Waals surface area contributed by atoms with Crippen LogP contribution in [0.4, 0.5) is 0 Å². The second kappa shape index (κ2) is 5.67. The summed E-state index contributed by atoms with van der Waals surface area (Å²) in [5, 5.41) is 0.784. The molecule has 0 saturated carbocycles. The molecule has 1 atom stereocenters. The Balaban J connectivity index is 1.96. The van der Waals surface area contributed by atoms with Crippen molar-refractivity contribution in [2.45, 2.75) is 25.3 Å². The van der Waals surface area contributed by atoms with Crippen LogP contribution in [0, 0.1) is 0 Å². The van der Waals surface area contributed by atoms with Gasteiger partial charge in [-0.05, 0) is 37.6 Å². The highest BCUT2D eigenvalue weighted by Gasteiger charge is 2.16. The van der Waals surface area contributed by atoms with Crippen LogP contribution in [0.3, 0.4) is 0 Å². The van der Waals surface area contributed by atoms with Gasteiger partial charge in [0.25, 0.3) is 0 Å². The average Bonchev–Trinajstić information content (AvgIpc) is 2.31. The lowest BCUT2D eigenvalue weighted by Crippen LogP contribution is -2.36. The van der Waals surface area contributed by atoms with Gasteiger partial charge in [0, 0.05) is 17.6 Å².